The molecule has 0 aliphatic carbocycles. The maximum atomic E-state index is 12.1. The molecule has 2 bridgehead atoms. The SMILES string of the molecule is CN1[C@@H]2C[C@H](O)C[C@H]1[C@@H](OC(=O)c1cccn1C)C2. The Morgan fingerprint density at radius 2 is 2.16 bits per heavy atom. The van der Waals surface area contributed by atoms with Crippen LogP contribution < -0.4 is 0 Å². The van der Waals surface area contributed by atoms with Gasteiger partial charge in [-0.2, -0.15) is 0 Å². The molecule has 2 aliphatic rings. The molecule has 2 fully saturated rings. The summed E-state index contributed by atoms with van der Waals surface area (Å²) in [6, 6.07) is 4.08. The minimum Gasteiger partial charge on any atom is -0.456 e. The minimum atomic E-state index is -0.270. The Bertz CT molecular complexity index is 485. The van der Waals surface area contributed by atoms with Gasteiger partial charge in [0.15, 0.2) is 0 Å². The summed E-state index contributed by atoms with van der Waals surface area (Å²) in [5.41, 5.74) is 0.574. The summed E-state index contributed by atoms with van der Waals surface area (Å²) in [5, 5.41) is 9.82. The summed E-state index contributed by atoms with van der Waals surface area (Å²) in [7, 11) is 3.89. The van der Waals surface area contributed by atoms with Crippen molar-refractivity contribution in [3.8, 4) is 0 Å². The van der Waals surface area contributed by atoms with E-state index < -0.39 is 0 Å². The molecule has 3 heterocycles. The molecule has 0 radical (unpaired) electrons. The van der Waals surface area contributed by atoms with Gasteiger partial charge in [0.05, 0.1) is 6.10 Å². The van der Waals surface area contributed by atoms with E-state index in [0.717, 1.165) is 12.8 Å². The number of carbonyl (C=O) groups is 1. The van der Waals surface area contributed by atoms with E-state index in [1.54, 1.807) is 10.6 Å². The smallest absolute Gasteiger partial charge is 0.355 e. The van der Waals surface area contributed by atoms with Crippen LogP contribution in [0.5, 0.6) is 0 Å². The zero-order valence-corrected chi connectivity index (χ0v) is 11.3. The zero-order valence-electron chi connectivity index (χ0n) is 11.3. The van der Waals surface area contributed by atoms with Crippen LogP contribution in [-0.2, 0) is 11.8 Å². The van der Waals surface area contributed by atoms with Gasteiger partial charge in [-0.25, -0.2) is 4.79 Å². The van der Waals surface area contributed by atoms with Gasteiger partial charge in [0.1, 0.15) is 11.8 Å². The van der Waals surface area contributed by atoms with E-state index >= 15 is 0 Å². The second-order valence-corrected chi connectivity index (χ2v) is 5.70. The van der Waals surface area contributed by atoms with Gasteiger partial charge >= 0.3 is 5.97 Å². The molecule has 4 atom stereocenters. The van der Waals surface area contributed by atoms with Crippen molar-refractivity contribution in [2.24, 2.45) is 7.05 Å². The molecule has 104 valence electrons. The van der Waals surface area contributed by atoms with Crippen molar-refractivity contribution in [1.29, 1.82) is 0 Å². The highest BCUT2D eigenvalue weighted by molar-refractivity contribution is 5.87. The normalized spacial score (nSPS) is 34.5. The quantitative estimate of drug-likeness (QED) is 0.802. The standard InChI is InChI=1S/C14H20N2O3/c1-15-5-3-4-11(15)14(18)19-13-7-9-6-10(17)8-12(13)16(9)2/h3-5,9-10,12-13,17H,6-8H2,1-2H3/t9-,10+,12+,13+/m1/s1. The molecule has 0 aromatic carbocycles. The maximum absolute atomic E-state index is 12.1. The van der Waals surface area contributed by atoms with Gasteiger partial charge in [-0.05, 0) is 32.0 Å². The Hall–Kier alpha value is -1.33. The number of likely N-dealkylation sites (N-methyl/N-ethyl adjacent to an activating group) is 1. The van der Waals surface area contributed by atoms with Crippen molar-refractivity contribution in [2.45, 2.75) is 43.6 Å². The predicted molar refractivity (Wildman–Crippen MR) is 69.8 cm³/mol. The summed E-state index contributed by atoms with van der Waals surface area (Å²) in [6.07, 6.45) is 3.77. The van der Waals surface area contributed by atoms with Gasteiger partial charge in [-0.1, -0.05) is 0 Å². The van der Waals surface area contributed by atoms with Crippen LogP contribution in [0.25, 0.3) is 0 Å². The molecule has 1 aromatic heterocycles. The average molecular weight is 264 g/mol. The monoisotopic (exact) mass is 264 g/mol. The third kappa shape index (κ3) is 2.17. The van der Waals surface area contributed by atoms with E-state index in [2.05, 4.69) is 11.9 Å². The highest BCUT2D eigenvalue weighted by atomic mass is 16.5. The molecule has 0 unspecified atom stereocenters. The van der Waals surface area contributed by atoms with Crippen LogP contribution in [-0.4, -0.2) is 51.9 Å². The lowest BCUT2D eigenvalue weighted by atomic mass is 10.0. The van der Waals surface area contributed by atoms with Crippen molar-refractivity contribution in [3.63, 3.8) is 0 Å². The Morgan fingerprint density at radius 3 is 2.84 bits per heavy atom. The van der Waals surface area contributed by atoms with Gasteiger partial charge in [-0.15, -0.1) is 0 Å². The number of aryl methyl sites for hydroxylation is 1. The molecule has 2 aliphatic heterocycles. The predicted octanol–water partition coefficient (Wildman–Crippen LogP) is 0.778. The summed E-state index contributed by atoms with van der Waals surface area (Å²) in [4.78, 5) is 14.4. The third-order valence-electron chi connectivity index (χ3n) is 4.50. The van der Waals surface area contributed by atoms with Gasteiger partial charge in [0, 0.05) is 31.7 Å². The summed E-state index contributed by atoms with van der Waals surface area (Å²) in [6.45, 7) is 0. The summed E-state index contributed by atoms with van der Waals surface area (Å²) >= 11 is 0. The second-order valence-electron chi connectivity index (χ2n) is 5.70. The summed E-state index contributed by atoms with van der Waals surface area (Å²) < 4.78 is 7.42. The van der Waals surface area contributed by atoms with Crippen molar-refractivity contribution in [3.05, 3.63) is 24.0 Å². The topological polar surface area (TPSA) is 54.7 Å². The van der Waals surface area contributed by atoms with E-state index in [-0.39, 0.29) is 24.2 Å². The molecule has 3 rings (SSSR count). The zero-order chi connectivity index (χ0) is 13.6. The fourth-order valence-electron chi connectivity index (χ4n) is 3.39. The number of fused-ring (bicyclic) bond motifs is 2. The molecule has 5 heteroatoms. The minimum absolute atomic E-state index is 0.102. The lowest BCUT2D eigenvalue weighted by molar-refractivity contribution is 0.00270. The van der Waals surface area contributed by atoms with Crippen LogP contribution >= 0.6 is 0 Å². The fourth-order valence-corrected chi connectivity index (χ4v) is 3.39. The highest BCUT2D eigenvalue weighted by Gasteiger charge is 2.46. The Balaban J connectivity index is 1.71. The molecule has 0 spiro atoms. The largest absolute Gasteiger partial charge is 0.456 e. The highest BCUT2D eigenvalue weighted by Crippen LogP contribution is 2.36. The van der Waals surface area contributed by atoms with Crippen molar-refractivity contribution in [2.75, 3.05) is 7.05 Å². The first-order valence-electron chi connectivity index (χ1n) is 6.78. The van der Waals surface area contributed by atoms with E-state index in [0.29, 0.717) is 18.2 Å². The number of aromatic nitrogens is 1. The summed E-state index contributed by atoms with van der Waals surface area (Å²) in [5.74, 6) is -0.270. The van der Waals surface area contributed by atoms with Gasteiger partial charge < -0.3 is 14.4 Å². The van der Waals surface area contributed by atoms with Crippen LogP contribution in [0, 0.1) is 0 Å². The molecule has 5 nitrogen and oxygen atoms in total. The fraction of sp³-hybridized carbons (Fsp3) is 0.643. The van der Waals surface area contributed by atoms with E-state index in [4.69, 9.17) is 4.74 Å². The molecule has 2 saturated heterocycles. The van der Waals surface area contributed by atoms with E-state index in [1.807, 2.05) is 19.3 Å². The van der Waals surface area contributed by atoms with Crippen molar-refractivity contribution >= 4 is 5.97 Å². The lowest BCUT2D eigenvalue weighted by Gasteiger charge is -2.34. The van der Waals surface area contributed by atoms with Crippen LogP contribution in [0.3, 0.4) is 0 Å². The second kappa shape index (κ2) is 4.65. The molecular formula is C14H20N2O3. The first-order chi connectivity index (χ1) is 9.06. The first kappa shape index (κ1) is 12.7. The molecule has 0 amide bonds. The lowest BCUT2D eigenvalue weighted by Crippen LogP contribution is -2.44. The molecule has 1 N–H and O–H groups in total. The van der Waals surface area contributed by atoms with Crippen LogP contribution in [0.2, 0.25) is 0 Å². The molecule has 19 heavy (non-hydrogen) atoms. The Labute approximate surface area is 112 Å². The first-order valence-corrected chi connectivity index (χ1v) is 6.78. The number of piperidine rings is 1. The molecule has 0 saturated carbocycles. The number of aliphatic hydroxyl groups excluding tert-OH is 1. The van der Waals surface area contributed by atoms with Gasteiger partial charge in [0.25, 0.3) is 0 Å². The van der Waals surface area contributed by atoms with Crippen LogP contribution in [0.4, 0.5) is 0 Å². The Morgan fingerprint density at radius 1 is 1.37 bits per heavy atom. The van der Waals surface area contributed by atoms with Crippen LogP contribution in [0.1, 0.15) is 29.8 Å². The molecular weight excluding hydrogens is 244 g/mol. The van der Waals surface area contributed by atoms with Crippen molar-refractivity contribution < 1.29 is 14.6 Å². The molecule has 1 aromatic rings. The van der Waals surface area contributed by atoms with E-state index in [1.165, 1.54) is 0 Å². The number of hydrogen-bond acceptors (Lipinski definition) is 4. The van der Waals surface area contributed by atoms with Crippen molar-refractivity contribution in [1.82, 2.24) is 9.47 Å². The number of nitrogens with zero attached hydrogens (tertiary/aromatic N) is 2. The number of esters is 1. The maximum Gasteiger partial charge on any atom is 0.355 e. The third-order valence-corrected chi connectivity index (χ3v) is 4.50. The van der Waals surface area contributed by atoms with Gasteiger partial charge in [-0.3, -0.25) is 4.90 Å². The number of aliphatic hydroxyl groups is 1. The number of hydrogen-bond donors (Lipinski definition) is 1. The average Bonchev–Trinajstić information content (AvgIpc) is 2.83. The van der Waals surface area contributed by atoms with Gasteiger partial charge in [0.2, 0.25) is 0 Å². The number of carbonyl (C=O) groups excluding carboxylic acids is 1. The van der Waals surface area contributed by atoms with E-state index in [9.17, 15) is 9.90 Å². The Kier molecular flexibility index (Phi) is 3.11. The number of rotatable bonds is 2. The van der Waals surface area contributed by atoms with Crippen LogP contribution in [0.15, 0.2) is 18.3 Å². The number of ether oxygens (including phenoxy) is 1.